The highest BCUT2D eigenvalue weighted by Crippen LogP contribution is 2.35. The Morgan fingerprint density at radius 3 is 2.52 bits per heavy atom. The minimum Gasteiger partial charge on any atom is -0.342 e. The molecule has 1 heterocycles. The lowest BCUT2D eigenvalue weighted by Crippen LogP contribution is -2.36. The molecule has 3 rings (SSSR count). The van der Waals surface area contributed by atoms with Crippen LogP contribution in [0, 0.1) is 5.92 Å². The zero-order chi connectivity index (χ0) is 15.2. The van der Waals surface area contributed by atoms with E-state index in [2.05, 4.69) is 0 Å². The van der Waals surface area contributed by atoms with E-state index in [9.17, 15) is 13.2 Å². The van der Waals surface area contributed by atoms with Gasteiger partial charge >= 0.3 is 0 Å². The number of amides is 1. The number of rotatable bonds is 6. The van der Waals surface area contributed by atoms with Gasteiger partial charge in [0.1, 0.15) is 10.6 Å². The Labute approximate surface area is 125 Å². The number of primary sulfonamides is 1. The summed E-state index contributed by atoms with van der Waals surface area (Å²) in [7, 11) is -3.78. The van der Waals surface area contributed by atoms with E-state index in [1.807, 2.05) is 11.8 Å². The van der Waals surface area contributed by atoms with Gasteiger partial charge in [-0.05, 0) is 44.6 Å². The molecule has 1 aromatic heterocycles. The van der Waals surface area contributed by atoms with Gasteiger partial charge in [0.15, 0.2) is 0 Å². The number of carbonyl (C=O) groups is 1. The second-order valence-corrected chi connectivity index (χ2v) is 7.59. The largest absolute Gasteiger partial charge is 0.342 e. The summed E-state index contributed by atoms with van der Waals surface area (Å²) in [5.41, 5.74) is 0.425. The minimum absolute atomic E-state index is 0.00914. The van der Waals surface area contributed by atoms with Crippen molar-refractivity contribution in [3.8, 4) is 0 Å². The molecule has 0 radical (unpaired) electrons. The number of hydrogen-bond acceptors (Lipinski definition) is 3. The van der Waals surface area contributed by atoms with Crippen molar-refractivity contribution in [1.29, 1.82) is 0 Å². The quantitative estimate of drug-likeness (QED) is 0.855. The van der Waals surface area contributed by atoms with Crippen LogP contribution in [-0.4, -0.2) is 36.4 Å². The first-order valence-corrected chi connectivity index (χ1v) is 8.98. The van der Waals surface area contributed by atoms with Gasteiger partial charge in [0.2, 0.25) is 10.0 Å². The minimum atomic E-state index is -3.78. The van der Waals surface area contributed by atoms with Crippen LogP contribution >= 0.6 is 0 Å². The third-order valence-corrected chi connectivity index (χ3v) is 5.04. The number of aryl methyl sites for hydroxylation is 1. The van der Waals surface area contributed by atoms with E-state index >= 15 is 0 Å². The Hall–Kier alpha value is -1.34. The number of nitrogens with zero attached hydrogens (tertiary/aromatic N) is 2. The summed E-state index contributed by atoms with van der Waals surface area (Å²) in [6.07, 6.45) is 5.92. The van der Waals surface area contributed by atoms with Crippen molar-refractivity contribution >= 4 is 15.9 Å². The van der Waals surface area contributed by atoms with E-state index < -0.39 is 10.0 Å². The van der Waals surface area contributed by atoms with Crippen molar-refractivity contribution in [2.75, 3.05) is 6.54 Å². The second-order valence-electron chi connectivity index (χ2n) is 6.02. The van der Waals surface area contributed by atoms with Crippen molar-refractivity contribution in [2.24, 2.45) is 11.1 Å². The van der Waals surface area contributed by atoms with Gasteiger partial charge in [0, 0.05) is 25.3 Å². The van der Waals surface area contributed by atoms with E-state index in [-0.39, 0.29) is 10.8 Å². The van der Waals surface area contributed by atoms with Crippen molar-refractivity contribution < 1.29 is 13.2 Å². The number of nitrogens with two attached hydrogens (primary N) is 1. The molecule has 21 heavy (non-hydrogen) atoms. The summed E-state index contributed by atoms with van der Waals surface area (Å²) in [6, 6.07) is 1.74. The first-order valence-electron chi connectivity index (χ1n) is 7.44. The van der Waals surface area contributed by atoms with Crippen LogP contribution in [0.2, 0.25) is 0 Å². The fourth-order valence-corrected chi connectivity index (χ4v) is 3.14. The average Bonchev–Trinajstić information content (AvgIpc) is 3.31. The monoisotopic (exact) mass is 311 g/mol. The molecule has 2 aliphatic rings. The summed E-state index contributed by atoms with van der Waals surface area (Å²) in [6.45, 7) is 3.22. The van der Waals surface area contributed by atoms with Crippen LogP contribution in [0.3, 0.4) is 0 Å². The van der Waals surface area contributed by atoms with Crippen LogP contribution in [0.25, 0.3) is 0 Å². The molecule has 1 amide bonds. The van der Waals surface area contributed by atoms with E-state index in [0.717, 1.165) is 19.4 Å². The average molecular weight is 311 g/mol. The summed E-state index contributed by atoms with van der Waals surface area (Å²) in [5, 5.41) is 5.17. The van der Waals surface area contributed by atoms with Gasteiger partial charge in [0.05, 0.1) is 0 Å². The van der Waals surface area contributed by atoms with Gasteiger partial charge in [-0.25, -0.2) is 13.6 Å². The predicted octanol–water partition coefficient (Wildman–Crippen LogP) is 1.17. The second kappa shape index (κ2) is 5.14. The standard InChI is InChI=1S/C14H21N3O3S/c1-2-16-9-12(21(15,19)20)7-13(16)14(18)17(11-5-6-11)8-10-3-4-10/h7,9-11H,2-6,8H2,1H3,(H2,15,19,20). The third-order valence-electron chi connectivity index (χ3n) is 4.16. The molecule has 0 unspecified atom stereocenters. The van der Waals surface area contributed by atoms with Gasteiger partial charge in [-0.15, -0.1) is 0 Å². The maximum atomic E-state index is 12.8. The molecule has 6 nitrogen and oxygen atoms in total. The van der Waals surface area contributed by atoms with Gasteiger partial charge in [-0.3, -0.25) is 4.79 Å². The maximum Gasteiger partial charge on any atom is 0.270 e. The molecule has 0 bridgehead atoms. The van der Waals surface area contributed by atoms with Crippen LogP contribution in [0.4, 0.5) is 0 Å². The molecule has 7 heteroatoms. The Bertz CT molecular complexity index is 657. The van der Waals surface area contributed by atoms with Crippen molar-refractivity contribution in [3.05, 3.63) is 18.0 Å². The van der Waals surface area contributed by atoms with Crippen molar-refractivity contribution in [1.82, 2.24) is 9.47 Å². The molecule has 116 valence electrons. The van der Waals surface area contributed by atoms with Gasteiger partial charge < -0.3 is 9.47 Å². The van der Waals surface area contributed by atoms with Crippen LogP contribution < -0.4 is 5.14 Å². The molecule has 2 saturated carbocycles. The molecule has 0 aliphatic heterocycles. The number of carbonyl (C=O) groups excluding carboxylic acids is 1. The van der Waals surface area contributed by atoms with E-state index in [1.165, 1.54) is 25.1 Å². The topological polar surface area (TPSA) is 85.4 Å². The zero-order valence-electron chi connectivity index (χ0n) is 12.2. The number of aromatic nitrogens is 1. The molecular formula is C14H21N3O3S. The highest BCUT2D eigenvalue weighted by atomic mass is 32.2. The van der Waals surface area contributed by atoms with Crippen LogP contribution in [0.15, 0.2) is 17.2 Å². The molecule has 2 aliphatic carbocycles. The van der Waals surface area contributed by atoms with Crippen molar-refractivity contribution in [3.63, 3.8) is 0 Å². The SMILES string of the molecule is CCn1cc(S(N)(=O)=O)cc1C(=O)N(CC1CC1)C1CC1. The van der Waals surface area contributed by atoms with Crippen LogP contribution in [0.1, 0.15) is 43.1 Å². The first-order chi connectivity index (χ1) is 9.90. The lowest BCUT2D eigenvalue weighted by Gasteiger charge is -2.22. The van der Waals surface area contributed by atoms with Gasteiger partial charge in [0.25, 0.3) is 5.91 Å². The number of sulfonamides is 1. The number of hydrogen-bond donors (Lipinski definition) is 1. The van der Waals surface area contributed by atoms with E-state index in [1.54, 1.807) is 4.57 Å². The summed E-state index contributed by atoms with van der Waals surface area (Å²) in [4.78, 5) is 14.7. The van der Waals surface area contributed by atoms with Gasteiger partial charge in [-0.2, -0.15) is 0 Å². The molecule has 2 N–H and O–H groups in total. The summed E-state index contributed by atoms with van der Waals surface area (Å²) in [5.74, 6) is 0.554. The lowest BCUT2D eigenvalue weighted by molar-refractivity contribution is 0.0724. The molecule has 2 fully saturated rings. The molecular weight excluding hydrogens is 290 g/mol. The molecule has 0 saturated heterocycles. The molecule has 0 aromatic carbocycles. The molecule has 0 spiro atoms. The van der Waals surface area contributed by atoms with E-state index in [4.69, 9.17) is 5.14 Å². The van der Waals surface area contributed by atoms with Crippen LogP contribution in [-0.2, 0) is 16.6 Å². The predicted molar refractivity (Wildman–Crippen MR) is 78.3 cm³/mol. The Morgan fingerprint density at radius 1 is 1.38 bits per heavy atom. The van der Waals surface area contributed by atoms with Crippen LogP contribution in [0.5, 0.6) is 0 Å². The highest BCUT2D eigenvalue weighted by Gasteiger charge is 2.37. The Kier molecular flexibility index (Phi) is 3.57. The first kappa shape index (κ1) is 14.6. The zero-order valence-corrected chi connectivity index (χ0v) is 13.0. The lowest BCUT2D eigenvalue weighted by atomic mass is 10.3. The van der Waals surface area contributed by atoms with Crippen molar-refractivity contribution in [2.45, 2.75) is 50.1 Å². The molecule has 1 aromatic rings. The van der Waals surface area contributed by atoms with E-state index in [0.29, 0.717) is 24.2 Å². The summed E-state index contributed by atoms with van der Waals surface area (Å²) < 4.78 is 24.6. The Balaban J connectivity index is 1.89. The summed E-state index contributed by atoms with van der Waals surface area (Å²) >= 11 is 0. The fraction of sp³-hybridized carbons (Fsp3) is 0.643. The fourth-order valence-electron chi connectivity index (χ4n) is 2.59. The third kappa shape index (κ3) is 3.13. The highest BCUT2D eigenvalue weighted by molar-refractivity contribution is 7.89. The molecule has 0 atom stereocenters. The Morgan fingerprint density at radius 2 is 2.05 bits per heavy atom. The smallest absolute Gasteiger partial charge is 0.270 e. The maximum absolute atomic E-state index is 12.8. The van der Waals surface area contributed by atoms with Gasteiger partial charge in [-0.1, -0.05) is 0 Å². The normalized spacial score (nSPS) is 18.8.